The van der Waals surface area contributed by atoms with Crippen molar-refractivity contribution in [3.05, 3.63) is 52.3 Å². The molecule has 3 aromatic heterocycles. The Labute approximate surface area is 162 Å². The van der Waals surface area contributed by atoms with Gasteiger partial charge in [0.2, 0.25) is 5.88 Å². The van der Waals surface area contributed by atoms with Gasteiger partial charge >= 0.3 is 6.18 Å². The standard InChI is InChI=1S/C19H14ClF3N4O/c1-9-16-10(2)25-17(12-8-11(19(21,22)23)4-5-13(12)20)27(16)18-14(24-9)6-7-15(26-18)28-3/h4-8H,1-3H3. The molecule has 4 rings (SSSR count). The number of pyridine rings is 1. The van der Waals surface area contributed by atoms with Gasteiger partial charge in [-0.2, -0.15) is 18.2 Å². The number of rotatable bonds is 2. The van der Waals surface area contributed by atoms with E-state index < -0.39 is 11.7 Å². The van der Waals surface area contributed by atoms with Crippen LogP contribution < -0.4 is 4.74 Å². The number of benzene rings is 1. The van der Waals surface area contributed by atoms with E-state index >= 15 is 0 Å². The van der Waals surface area contributed by atoms with E-state index in [1.54, 1.807) is 23.5 Å². The molecule has 3 heterocycles. The van der Waals surface area contributed by atoms with Gasteiger partial charge in [-0.3, -0.25) is 4.40 Å². The summed E-state index contributed by atoms with van der Waals surface area (Å²) in [5.74, 6) is 0.617. The van der Waals surface area contributed by atoms with Gasteiger partial charge in [-0.05, 0) is 38.1 Å². The second-order valence-electron chi connectivity index (χ2n) is 6.29. The van der Waals surface area contributed by atoms with Crippen molar-refractivity contribution in [1.82, 2.24) is 19.4 Å². The first-order valence-electron chi connectivity index (χ1n) is 8.28. The van der Waals surface area contributed by atoms with Crippen LogP contribution in [0.5, 0.6) is 5.88 Å². The van der Waals surface area contributed by atoms with Crippen LogP contribution in [0, 0.1) is 13.8 Å². The predicted octanol–water partition coefficient (Wildman–Crippen LogP) is 5.24. The fraction of sp³-hybridized carbons (Fsp3) is 0.211. The summed E-state index contributed by atoms with van der Waals surface area (Å²) >= 11 is 6.26. The number of hydrogen-bond donors (Lipinski definition) is 0. The van der Waals surface area contributed by atoms with Gasteiger partial charge in [-0.15, -0.1) is 0 Å². The lowest BCUT2D eigenvalue weighted by molar-refractivity contribution is -0.137. The van der Waals surface area contributed by atoms with Crippen LogP contribution in [0.4, 0.5) is 13.2 Å². The molecule has 0 N–H and O–H groups in total. The second-order valence-corrected chi connectivity index (χ2v) is 6.70. The summed E-state index contributed by atoms with van der Waals surface area (Å²) in [5, 5.41) is 0.158. The molecule has 9 heteroatoms. The van der Waals surface area contributed by atoms with Crippen LogP contribution in [0.25, 0.3) is 28.1 Å². The molecule has 0 spiro atoms. The highest BCUT2D eigenvalue weighted by Crippen LogP contribution is 2.37. The van der Waals surface area contributed by atoms with E-state index in [4.69, 9.17) is 16.3 Å². The van der Waals surface area contributed by atoms with Gasteiger partial charge in [0.1, 0.15) is 11.3 Å². The van der Waals surface area contributed by atoms with Crippen molar-refractivity contribution in [3.63, 3.8) is 0 Å². The number of ether oxygens (including phenoxy) is 1. The minimum atomic E-state index is -4.50. The van der Waals surface area contributed by atoms with E-state index in [0.717, 1.165) is 12.1 Å². The number of alkyl halides is 3. The zero-order chi connectivity index (χ0) is 20.2. The maximum Gasteiger partial charge on any atom is 0.416 e. The van der Waals surface area contributed by atoms with Crippen LogP contribution in [0.2, 0.25) is 5.02 Å². The maximum absolute atomic E-state index is 13.2. The van der Waals surface area contributed by atoms with Crippen molar-refractivity contribution in [2.24, 2.45) is 0 Å². The molecule has 0 amide bonds. The zero-order valence-electron chi connectivity index (χ0n) is 15.1. The van der Waals surface area contributed by atoms with Gasteiger partial charge in [0.25, 0.3) is 0 Å². The molecule has 4 aromatic rings. The van der Waals surface area contributed by atoms with Gasteiger partial charge in [0, 0.05) is 11.6 Å². The van der Waals surface area contributed by atoms with Gasteiger partial charge in [-0.25, -0.2) is 9.97 Å². The molecule has 0 aliphatic carbocycles. The average Bonchev–Trinajstić information content (AvgIpc) is 2.99. The summed E-state index contributed by atoms with van der Waals surface area (Å²) in [6.45, 7) is 3.58. The van der Waals surface area contributed by atoms with Crippen LogP contribution in [-0.4, -0.2) is 26.5 Å². The Balaban J connectivity index is 2.14. The van der Waals surface area contributed by atoms with Crippen molar-refractivity contribution in [2.75, 3.05) is 7.11 Å². The molecule has 144 valence electrons. The monoisotopic (exact) mass is 406 g/mol. The summed E-state index contributed by atoms with van der Waals surface area (Å²) in [6.07, 6.45) is -4.50. The number of fused-ring (bicyclic) bond motifs is 3. The largest absolute Gasteiger partial charge is 0.481 e. The summed E-state index contributed by atoms with van der Waals surface area (Å²) in [4.78, 5) is 13.5. The van der Waals surface area contributed by atoms with E-state index in [9.17, 15) is 13.2 Å². The van der Waals surface area contributed by atoms with E-state index in [1.807, 2.05) is 6.92 Å². The molecular formula is C19H14ClF3N4O. The highest BCUT2D eigenvalue weighted by molar-refractivity contribution is 6.33. The van der Waals surface area contributed by atoms with Crippen molar-refractivity contribution in [3.8, 4) is 17.3 Å². The lowest BCUT2D eigenvalue weighted by Gasteiger charge is -2.12. The Hall–Kier alpha value is -2.87. The Morgan fingerprint density at radius 2 is 1.71 bits per heavy atom. The van der Waals surface area contributed by atoms with Crippen molar-refractivity contribution >= 4 is 28.3 Å². The lowest BCUT2D eigenvalue weighted by Crippen LogP contribution is -2.06. The Bertz CT molecular complexity index is 1230. The zero-order valence-corrected chi connectivity index (χ0v) is 15.9. The van der Waals surface area contributed by atoms with Crippen LogP contribution in [0.3, 0.4) is 0 Å². The van der Waals surface area contributed by atoms with Crippen LogP contribution in [-0.2, 0) is 6.18 Å². The molecule has 0 radical (unpaired) electrons. The van der Waals surface area contributed by atoms with Gasteiger partial charge in [-0.1, -0.05) is 11.6 Å². The molecule has 0 aliphatic rings. The lowest BCUT2D eigenvalue weighted by atomic mass is 10.1. The molecular weight excluding hydrogens is 393 g/mol. The highest BCUT2D eigenvalue weighted by atomic mass is 35.5. The number of methoxy groups -OCH3 is 1. The van der Waals surface area contributed by atoms with Gasteiger partial charge < -0.3 is 4.74 Å². The number of imidazole rings is 1. The van der Waals surface area contributed by atoms with Crippen LogP contribution in [0.15, 0.2) is 30.3 Å². The number of nitrogens with zero attached hydrogens (tertiary/aromatic N) is 4. The maximum atomic E-state index is 13.2. The Morgan fingerprint density at radius 1 is 1.00 bits per heavy atom. The highest BCUT2D eigenvalue weighted by Gasteiger charge is 2.32. The van der Waals surface area contributed by atoms with Crippen molar-refractivity contribution < 1.29 is 17.9 Å². The summed E-state index contributed by atoms with van der Waals surface area (Å²) in [7, 11) is 1.48. The first-order chi connectivity index (χ1) is 13.2. The topological polar surface area (TPSA) is 52.3 Å². The fourth-order valence-corrected chi connectivity index (χ4v) is 3.44. The smallest absolute Gasteiger partial charge is 0.416 e. The van der Waals surface area contributed by atoms with Gasteiger partial charge in [0.05, 0.1) is 34.6 Å². The SMILES string of the molecule is COc1ccc2nc(C)c3c(C)nc(-c4cc(C(F)(F)F)ccc4Cl)n3c2n1. The first kappa shape index (κ1) is 18.5. The third-order valence-electron chi connectivity index (χ3n) is 4.47. The Kier molecular flexibility index (Phi) is 4.19. The molecule has 0 bridgehead atoms. The second kappa shape index (κ2) is 6.34. The average molecular weight is 407 g/mol. The molecule has 0 fully saturated rings. The van der Waals surface area contributed by atoms with Crippen molar-refractivity contribution in [2.45, 2.75) is 20.0 Å². The molecule has 5 nitrogen and oxygen atoms in total. The minimum absolute atomic E-state index is 0.158. The van der Waals surface area contributed by atoms with E-state index in [0.29, 0.717) is 33.9 Å². The Morgan fingerprint density at radius 3 is 2.39 bits per heavy atom. The third-order valence-corrected chi connectivity index (χ3v) is 4.80. The fourth-order valence-electron chi connectivity index (χ4n) is 3.24. The summed E-state index contributed by atoms with van der Waals surface area (Å²) in [5.41, 5.74) is 2.30. The van der Waals surface area contributed by atoms with Crippen molar-refractivity contribution in [1.29, 1.82) is 0 Å². The molecule has 0 unspecified atom stereocenters. The number of hydrogen-bond acceptors (Lipinski definition) is 4. The number of halogens is 4. The molecule has 0 atom stereocenters. The molecule has 0 saturated heterocycles. The summed E-state index contributed by atoms with van der Waals surface area (Å²) in [6, 6.07) is 6.57. The van der Waals surface area contributed by atoms with Gasteiger partial charge in [0.15, 0.2) is 5.65 Å². The summed E-state index contributed by atoms with van der Waals surface area (Å²) < 4.78 is 46.6. The molecule has 0 aliphatic heterocycles. The van der Waals surface area contributed by atoms with Crippen LogP contribution >= 0.6 is 11.6 Å². The minimum Gasteiger partial charge on any atom is -0.481 e. The molecule has 0 saturated carbocycles. The van der Waals surface area contributed by atoms with E-state index in [1.165, 1.54) is 13.2 Å². The van der Waals surface area contributed by atoms with E-state index in [-0.39, 0.29) is 16.4 Å². The third kappa shape index (κ3) is 2.84. The normalized spacial score (nSPS) is 12.1. The predicted molar refractivity (Wildman–Crippen MR) is 99.8 cm³/mol. The number of aryl methyl sites for hydroxylation is 2. The molecule has 28 heavy (non-hydrogen) atoms. The van der Waals surface area contributed by atoms with Crippen LogP contribution in [0.1, 0.15) is 17.0 Å². The molecule has 1 aromatic carbocycles. The van der Waals surface area contributed by atoms with E-state index in [2.05, 4.69) is 15.0 Å². The quantitative estimate of drug-likeness (QED) is 0.456. The first-order valence-corrected chi connectivity index (χ1v) is 8.66. The number of aromatic nitrogens is 4.